The zero-order valence-corrected chi connectivity index (χ0v) is 43.4. The van der Waals surface area contributed by atoms with Crippen LogP contribution in [0.2, 0.25) is 0 Å². The monoisotopic (exact) mass is 1090 g/mol. The van der Waals surface area contributed by atoms with Crippen LogP contribution in [0, 0.1) is 13.8 Å². The lowest BCUT2D eigenvalue weighted by molar-refractivity contribution is -0.138. The van der Waals surface area contributed by atoms with E-state index in [1.165, 1.54) is 43.2 Å². The van der Waals surface area contributed by atoms with Crippen LogP contribution < -0.4 is 26.6 Å². The molecule has 1 aliphatic rings. The van der Waals surface area contributed by atoms with Crippen LogP contribution in [0.15, 0.2) is 127 Å². The largest absolute Gasteiger partial charge is 0.416 e. The van der Waals surface area contributed by atoms with Crippen LogP contribution in [0.25, 0.3) is 22.5 Å². The van der Waals surface area contributed by atoms with E-state index in [2.05, 4.69) is 61.6 Å². The fourth-order valence-electron chi connectivity index (χ4n) is 7.96. The summed E-state index contributed by atoms with van der Waals surface area (Å²) in [7, 11) is 2.24. The second kappa shape index (κ2) is 24.2. The summed E-state index contributed by atoms with van der Waals surface area (Å²) >= 11 is 0. The van der Waals surface area contributed by atoms with Crippen molar-refractivity contribution >= 4 is 62.8 Å². The molecule has 0 radical (unpaired) electrons. The minimum absolute atomic E-state index is 0.0908. The molecule has 78 heavy (non-hydrogen) atoms. The molecule has 9 rings (SSSR count). The van der Waals surface area contributed by atoms with Gasteiger partial charge in [-0.05, 0) is 91.7 Å². The lowest BCUT2D eigenvalue weighted by Crippen LogP contribution is -2.39. The molecule has 406 valence electrons. The van der Waals surface area contributed by atoms with Gasteiger partial charge >= 0.3 is 12.4 Å². The van der Waals surface area contributed by atoms with E-state index >= 15 is 0 Å². The van der Waals surface area contributed by atoms with Crippen molar-refractivity contribution in [2.45, 2.75) is 31.2 Å². The van der Waals surface area contributed by atoms with Crippen LogP contribution in [-0.2, 0) is 42.0 Å². The van der Waals surface area contributed by atoms with E-state index in [1.807, 2.05) is 19.9 Å². The zero-order chi connectivity index (χ0) is 55.7. The summed E-state index contributed by atoms with van der Waals surface area (Å²) in [5, 5.41) is 24.4. The van der Waals surface area contributed by atoms with Gasteiger partial charge in [0.05, 0.1) is 70.0 Å². The third kappa shape index (κ3) is 14.1. The summed E-state index contributed by atoms with van der Waals surface area (Å²) in [6.07, 6.45) is -1.41. The van der Waals surface area contributed by atoms with Crippen molar-refractivity contribution in [1.82, 2.24) is 44.4 Å². The number of aryl methyl sites for hydroxylation is 4. The topological polar surface area (TPSA) is 211 Å². The van der Waals surface area contributed by atoms with Crippen molar-refractivity contribution in [3.05, 3.63) is 155 Å². The van der Waals surface area contributed by atoms with E-state index in [0.29, 0.717) is 62.2 Å². The predicted octanol–water partition coefficient (Wildman–Crippen LogP) is 9.88. The number of amides is 2. The molecular weight excluding hydrogens is 1040 g/mol. The van der Waals surface area contributed by atoms with Crippen molar-refractivity contribution in [3.8, 4) is 22.5 Å². The van der Waals surface area contributed by atoms with E-state index in [0.717, 1.165) is 80.3 Å². The maximum absolute atomic E-state index is 13.1. The average molecular weight is 1100 g/mol. The van der Waals surface area contributed by atoms with E-state index in [1.54, 1.807) is 78.3 Å². The summed E-state index contributed by atoms with van der Waals surface area (Å²) in [6, 6.07) is 22.3. The molecule has 1 fully saturated rings. The van der Waals surface area contributed by atoms with Crippen LogP contribution in [0.5, 0.6) is 0 Å². The number of rotatable bonds is 15. The maximum Gasteiger partial charge on any atom is 0.416 e. The third-order valence-corrected chi connectivity index (χ3v) is 13.1. The van der Waals surface area contributed by atoms with Crippen molar-refractivity contribution in [3.63, 3.8) is 0 Å². The quantitative estimate of drug-likeness (QED) is 0.0478. The van der Waals surface area contributed by atoms with Gasteiger partial charge in [0.1, 0.15) is 35.1 Å². The lowest BCUT2D eigenvalue weighted by Gasteiger charge is -2.26. The van der Waals surface area contributed by atoms with Crippen LogP contribution >= 0.6 is 0 Å². The van der Waals surface area contributed by atoms with Gasteiger partial charge in [-0.3, -0.25) is 28.1 Å². The Morgan fingerprint density at radius 1 is 0.641 bits per heavy atom. The first kappa shape index (κ1) is 55.7. The van der Waals surface area contributed by atoms with Gasteiger partial charge in [-0.2, -0.15) is 36.5 Å². The first-order valence-electron chi connectivity index (χ1n) is 24.0. The molecule has 18 nitrogen and oxygen atoms in total. The number of carbonyl (C=O) groups is 2. The van der Waals surface area contributed by atoms with E-state index in [-0.39, 0.29) is 11.1 Å². The predicted molar refractivity (Wildman–Crippen MR) is 284 cm³/mol. The highest BCUT2D eigenvalue weighted by molar-refractivity contribution is 7.84. The second-order valence-corrected chi connectivity index (χ2v) is 19.1. The summed E-state index contributed by atoms with van der Waals surface area (Å²) in [4.78, 5) is 44.8. The van der Waals surface area contributed by atoms with Crippen molar-refractivity contribution in [1.29, 1.82) is 0 Å². The van der Waals surface area contributed by atoms with Crippen LogP contribution in [0.4, 0.5) is 66.5 Å². The molecule has 0 saturated carbocycles. The minimum Gasteiger partial charge on any atom is -0.379 e. The Kier molecular flexibility index (Phi) is 17.3. The molecule has 0 bridgehead atoms. The van der Waals surface area contributed by atoms with Gasteiger partial charge in [-0.1, -0.05) is 24.3 Å². The Balaban J connectivity index is 0.000000208. The molecule has 5 heterocycles. The fraction of sp³-hybridized carbons (Fsp3) is 0.245. The minimum atomic E-state index is -4.55. The standard InChI is InChI=1S/C29H31F3N8O2.C24H21F3N6O2S/c1-19-6-7-22(37-28(41)20-4-3-5-21(14-20)29(30,31)32)15-24(19)38-27-23(17-36-39(27)2)25-16-26(35-18-34-25)33-8-9-40-10-12-42-13-11-40;1-14-7-8-17(31-23(34)15-5-4-6-16(9-15)24(25,26)27)10-19(14)32-22-18(12-30-33(22)2)20-11-21(36(3)35)29-13-28-20/h3-7,14-18,38H,8-13H2,1-2H3,(H,37,41)(H,33,34,35);4-13,32H,1-3H3,(H,31,34). The molecule has 2 amide bonds. The summed E-state index contributed by atoms with van der Waals surface area (Å²) in [5.41, 5.74) is 4.45. The Morgan fingerprint density at radius 3 is 1.62 bits per heavy atom. The number of hydrogen-bond donors (Lipinski definition) is 5. The molecule has 1 atom stereocenters. The number of carbonyl (C=O) groups excluding carboxylic acids is 2. The average Bonchev–Trinajstić information content (AvgIpc) is 4.00. The van der Waals surface area contributed by atoms with Gasteiger partial charge in [-0.15, -0.1) is 0 Å². The first-order chi connectivity index (χ1) is 37.2. The summed E-state index contributed by atoms with van der Waals surface area (Å²) < 4.78 is 98.9. The molecule has 0 aliphatic carbocycles. The maximum atomic E-state index is 13.1. The highest BCUT2D eigenvalue weighted by Gasteiger charge is 2.32. The molecule has 0 spiro atoms. The van der Waals surface area contributed by atoms with Crippen molar-refractivity contribution in [2.75, 3.05) is 72.2 Å². The molecule has 4 aromatic carbocycles. The van der Waals surface area contributed by atoms with Crippen molar-refractivity contribution < 1.29 is 44.9 Å². The lowest BCUT2D eigenvalue weighted by atomic mass is 10.1. The van der Waals surface area contributed by atoms with Crippen LogP contribution in [0.1, 0.15) is 43.0 Å². The Morgan fingerprint density at radius 2 is 1.13 bits per heavy atom. The van der Waals surface area contributed by atoms with Gasteiger partial charge in [0.15, 0.2) is 0 Å². The van der Waals surface area contributed by atoms with Gasteiger partial charge in [0.2, 0.25) is 0 Å². The number of halogens is 6. The van der Waals surface area contributed by atoms with Crippen LogP contribution in [-0.4, -0.2) is 106 Å². The van der Waals surface area contributed by atoms with Crippen LogP contribution in [0.3, 0.4) is 0 Å². The highest BCUT2D eigenvalue weighted by Crippen LogP contribution is 2.35. The van der Waals surface area contributed by atoms with Gasteiger partial charge < -0.3 is 31.3 Å². The Bertz CT molecular complexity index is 3470. The number of nitrogens with zero attached hydrogens (tertiary/aromatic N) is 9. The fourth-order valence-corrected chi connectivity index (χ4v) is 8.44. The third-order valence-electron chi connectivity index (χ3n) is 12.3. The molecule has 4 aromatic heterocycles. The number of ether oxygens (including phenoxy) is 1. The van der Waals surface area contributed by atoms with Crippen molar-refractivity contribution in [2.24, 2.45) is 14.1 Å². The number of aromatic nitrogens is 8. The van der Waals surface area contributed by atoms with E-state index < -0.39 is 46.1 Å². The van der Waals surface area contributed by atoms with Gasteiger partial charge in [0.25, 0.3) is 11.8 Å². The first-order valence-corrected chi connectivity index (χ1v) is 25.5. The summed E-state index contributed by atoms with van der Waals surface area (Å²) in [6.45, 7) is 8.69. The molecule has 1 aliphatic heterocycles. The number of morpholine rings is 1. The molecule has 1 saturated heterocycles. The molecule has 8 aromatic rings. The number of nitrogens with one attached hydrogen (secondary N) is 5. The Labute approximate surface area is 446 Å². The normalized spacial score (nSPS) is 13.2. The molecule has 5 N–H and O–H groups in total. The van der Waals surface area contributed by atoms with Gasteiger partial charge in [-0.25, -0.2) is 19.9 Å². The number of benzene rings is 4. The molecule has 1 unspecified atom stereocenters. The number of anilines is 7. The Hall–Kier alpha value is -8.55. The van der Waals surface area contributed by atoms with E-state index in [9.17, 15) is 40.1 Å². The smallest absolute Gasteiger partial charge is 0.379 e. The zero-order valence-electron chi connectivity index (χ0n) is 42.6. The van der Waals surface area contributed by atoms with Gasteiger partial charge in [0, 0.05) is 86.5 Å². The number of alkyl halides is 6. The van der Waals surface area contributed by atoms with E-state index in [4.69, 9.17) is 4.74 Å². The second-order valence-electron chi connectivity index (χ2n) is 17.8. The molecule has 25 heteroatoms. The summed E-state index contributed by atoms with van der Waals surface area (Å²) in [5.74, 6) is 0.631. The molecular formula is C53H52F6N14O4S. The highest BCUT2D eigenvalue weighted by atomic mass is 32.2. The SMILES string of the molecule is Cc1ccc(NC(=O)c2cccc(C(F)(F)F)c2)cc1Nc1c(-c2cc(NCCN3CCOCC3)ncn2)cnn1C.Cc1ccc(NC(=O)c2cccc(C(F)(F)F)c2)cc1Nc1c(-c2cc(S(C)=O)ncn2)cnn1C. The number of hydrogen-bond acceptors (Lipinski definition) is 14.